The molecule has 1 heterocycles. The first-order valence-electron chi connectivity index (χ1n) is 11.2. The minimum absolute atomic E-state index is 0.205. The Balaban J connectivity index is 1.51. The first-order valence-corrected chi connectivity index (χ1v) is 11.2. The molecule has 1 aromatic heterocycles. The van der Waals surface area contributed by atoms with E-state index in [1.54, 1.807) is 60.7 Å². The monoisotopic (exact) mass is 467 g/mol. The van der Waals surface area contributed by atoms with Crippen LogP contribution < -0.4 is 16.0 Å². The van der Waals surface area contributed by atoms with E-state index in [4.69, 9.17) is 4.42 Å². The summed E-state index contributed by atoms with van der Waals surface area (Å²) in [5.41, 5.74) is 1.99. The van der Waals surface area contributed by atoms with Gasteiger partial charge in [0.1, 0.15) is 11.8 Å². The maximum absolute atomic E-state index is 13.3. The maximum Gasteiger partial charge on any atom is 0.255 e. The second-order valence-corrected chi connectivity index (χ2v) is 7.88. The number of anilines is 1. The van der Waals surface area contributed by atoms with Crippen molar-refractivity contribution in [2.45, 2.75) is 19.0 Å². The van der Waals surface area contributed by atoms with Crippen molar-refractivity contribution >= 4 is 23.4 Å². The normalized spacial score (nSPS) is 11.3. The minimum Gasteiger partial charge on any atom is -0.467 e. The van der Waals surface area contributed by atoms with Gasteiger partial charge in [-0.1, -0.05) is 60.7 Å². The van der Waals surface area contributed by atoms with Gasteiger partial charge >= 0.3 is 0 Å². The van der Waals surface area contributed by atoms with Crippen LogP contribution >= 0.6 is 0 Å². The van der Waals surface area contributed by atoms with Crippen LogP contribution in [0.2, 0.25) is 0 Å². The summed E-state index contributed by atoms with van der Waals surface area (Å²) >= 11 is 0. The van der Waals surface area contributed by atoms with Crippen LogP contribution in [0.1, 0.15) is 32.0 Å². The van der Waals surface area contributed by atoms with Crippen LogP contribution in [0, 0.1) is 0 Å². The number of benzene rings is 3. The van der Waals surface area contributed by atoms with E-state index < -0.39 is 11.9 Å². The number of furan rings is 1. The van der Waals surface area contributed by atoms with Crippen LogP contribution in [0.25, 0.3) is 0 Å². The molecule has 4 rings (SSSR count). The van der Waals surface area contributed by atoms with Crippen LogP contribution in [-0.4, -0.2) is 23.8 Å². The van der Waals surface area contributed by atoms with E-state index >= 15 is 0 Å². The molecule has 3 amide bonds. The molecule has 7 nitrogen and oxygen atoms in total. The largest absolute Gasteiger partial charge is 0.467 e. The molecule has 1 atom stereocenters. The lowest BCUT2D eigenvalue weighted by Crippen LogP contribution is -2.48. The molecule has 35 heavy (non-hydrogen) atoms. The fourth-order valence-corrected chi connectivity index (χ4v) is 3.58. The average Bonchev–Trinajstić information content (AvgIpc) is 3.42. The molecule has 0 bridgehead atoms. The van der Waals surface area contributed by atoms with Gasteiger partial charge in [0.15, 0.2) is 0 Å². The van der Waals surface area contributed by atoms with Crippen LogP contribution in [0.15, 0.2) is 108 Å². The maximum atomic E-state index is 13.3. The van der Waals surface area contributed by atoms with Gasteiger partial charge in [0, 0.05) is 12.0 Å². The van der Waals surface area contributed by atoms with Gasteiger partial charge in [-0.2, -0.15) is 0 Å². The summed E-state index contributed by atoms with van der Waals surface area (Å²) < 4.78 is 5.28. The number of carbonyl (C=O) groups is 3. The third-order valence-corrected chi connectivity index (χ3v) is 5.38. The van der Waals surface area contributed by atoms with Crippen molar-refractivity contribution in [2.75, 3.05) is 5.32 Å². The minimum atomic E-state index is -0.835. The fourth-order valence-electron chi connectivity index (χ4n) is 3.58. The lowest BCUT2D eigenvalue weighted by molar-refractivity contribution is -0.123. The first kappa shape index (κ1) is 23.5. The van der Waals surface area contributed by atoms with Gasteiger partial charge in [-0.15, -0.1) is 0 Å². The highest BCUT2D eigenvalue weighted by Gasteiger charge is 2.23. The van der Waals surface area contributed by atoms with Gasteiger partial charge in [-0.05, 0) is 42.0 Å². The van der Waals surface area contributed by atoms with E-state index in [2.05, 4.69) is 16.0 Å². The molecule has 3 aromatic carbocycles. The Hall–Kier alpha value is -4.65. The standard InChI is InChI=1S/C28H25N3O4/c32-26(21-12-5-2-6-13-21)30-24-16-8-7-15-23(24)27(33)31-25(18-20-10-3-1-4-11-20)28(34)29-19-22-14-9-17-35-22/h1-17,25H,18-19H2,(H,29,34)(H,30,32)(H,31,33). The number of para-hydroxylation sites is 1. The van der Waals surface area contributed by atoms with Gasteiger partial charge < -0.3 is 20.4 Å². The lowest BCUT2D eigenvalue weighted by Gasteiger charge is -2.19. The number of rotatable bonds is 9. The molecule has 0 spiro atoms. The van der Waals surface area contributed by atoms with E-state index in [-0.39, 0.29) is 23.9 Å². The Labute approximate surface area is 203 Å². The molecule has 4 aromatic rings. The summed E-state index contributed by atoms with van der Waals surface area (Å²) in [6, 6.07) is 27.5. The van der Waals surface area contributed by atoms with Crippen molar-refractivity contribution in [1.29, 1.82) is 0 Å². The Bertz CT molecular complexity index is 1270. The predicted octanol–water partition coefficient (Wildman–Crippen LogP) is 4.19. The SMILES string of the molecule is O=C(Nc1ccccc1C(=O)NC(Cc1ccccc1)C(=O)NCc1ccco1)c1ccccc1. The van der Waals surface area contributed by atoms with Crippen molar-refractivity contribution < 1.29 is 18.8 Å². The van der Waals surface area contributed by atoms with Gasteiger partial charge in [0.25, 0.3) is 11.8 Å². The zero-order valence-electron chi connectivity index (χ0n) is 18.9. The molecule has 0 saturated heterocycles. The molecular weight excluding hydrogens is 442 g/mol. The highest BCUT2D eigenvalue weighted by molar-refractivity contribution is 6.09. The van der Waals surface area contributed by atoms with Crippen LogP contribution in [0.5, 0.6) is 0 Å². The van der Waals surface area contributed by atoms with E-state index in [1.807, 2.05) is 36.4 Å². The van der Waals surface area contributed by atoms with Gasteiger partial charge in [0.2, 0.25) is 5.91 Å². The summed E-state index contributed by atoms with van der Waals surface area (Å²) in [5, 5.41) is 8.44. The Morgan fingerprint density at radius 2 is 1.43 bits per heavy atom. The molecule has 0 aliphatic heterocycles. The van der Waals surface area contributed by atoms with Crippen molar-refractivity contribution in [2.24, 2.45) is 0 Å². The molecule has 0 radical (unpaired) electrons. The Morgan fingerprint density at radius 1 is 0.743 bits per heavy atom. The van der Waals surface area contributed by atoms with Gasteiger partial charge in [-0.25, -0.2) is 0 Å². The lowest BCUT2D eigenvalue weighted by atomic mass is 10.0. The van der Waals surface area contributed by atoms with Crippen molar-refractivity contribution in [3.63, 3.8) is 0 Å². The highest BCUT2D eigenvalue weighted by atomic mass is 16.3. The molecule has 0 aliphatic rings. The Morgan fingerprint density at radius 3 is 2.14 bits per heavy atom. The van der Waals surface area contributed by atoms with Gasteiger partial charge in [0.05, 0.1) is 24.1 Å². The van der Waals surface area contributed by atoms with Gasteiger partial charge in [-0.3, -0.25) is 14.4 Å². The molecule has 176 valence electrons. The molecule has 0 aliphatic carbocycles. The zero-order valence-corrected chi connectivity index (χ0v) is 18.9. The van der Waals surface area contributed by atoms with Crippen molar-refractivity contribution in [3.05, 3.63) is 126 Å². The summed E-state index contributed by atoms with van der Waals surface area (Å²) in [7, 11) is 0. The zero-order chi connectivity index (χ0) is 24.5. The molecule has 0 saturated carbocycles. The summed E-state index contributed by atoms with van der Waals surface area (Å²) in [5.74, 6) is -0.535. The number of hydrogen-bond acceptors (Lipinski definition) is 4. The van der Waals surface area contributed by atoms with Crippen molar-refractivity contribution in [1.82, 2.24) is 10.6 Å². The molecule has 0 fully saturated rings. The summed E-state index contributed by atoms with van der Waals surface area (Å²) in [6.07, 6.45) is 1.83. The number of carbonyl (C=O) groups excluding carboxylic acids is 3. The topological polar surface area (TPSA) is 100 Å². The molecule has 1 unspecified atom stereocenters. The summed E-state index contributed by atoms with van der Waals surface area (Å²) in [4.78, 5) is 38.9. The second kappa shape index (κ2) is 11.5. The summed E-state index contributed by atoms with van der Waals surface area (Å²) in [6.45, 7) is 0.205. The van der Waals surface area contributed by atoms with Crippen LogP contribution in [0.3, 0.4) is 0 Å². The first-order chi connectivity index (χ1) is 17.1. The van der Waals surface area contributed by atoms with Crippen LogP contribution in [0.4, 0.5) is 5.69 Å². The number of hydrogen-bond donors (Lipinski definition) is 3. The van der Waals surface area contributed by atoms with Crippen molar-refractivity contribution in [3.8, 4) is 0 Å². The third-order valence-electron chi connectivity index (χ3n) is 5.38. The molecule has 7 heteroatoms. The second-order valence-electron chi connectivity index (χ2n) is 7.88. The highest BCUT2D eigenvalue weighted by Crippen LogP contribution is 2.17. The Kier molecular flexibility index (Phi) is 7.70. The van der Waals surface area contributed by atoms with E-state index in [9.17, 15) is 14.4 Å². The molecular formula is C28H25N3O4. The quantitative estimate of drug-likeness (QED) is 0.344. The molecule has 3 N–H and O–H groups in total. The fraction of sp³-hybridized carbons (Fsp3) is 0.107. The number of nitrogens with one attached hydrogen (secondary N) is 3. The third kappa shape index (κ3) is 6.45. The van der Waals surface area contributed by atoms with E-state index in [0.717, 1.165) is 5.56 Å². The predicted molar refractivity (Wildman–Crippen MR) is 133 cm³/mol. The smallest absolute Gasteiger partial charge is 0.255 e. The average molecular weight is 468 g/mol. The van der Waals surface area contributed by atoms with E-state index in [1.165, 1.54) is 6.26 Å². The van der Waals surface area contributed by atoms with Crippen LogP contribution in [-0.2, 0) is 17.8 Å². The number of amides is 3. The van der Waals surface area contributed by atoms with E-state index in [0.29, 0.717) is 23.4 Å².